The van der Waals surface area contributed by atoms with E-state index in [0.29, 0.717) is 11.0 Å². The zero-order chi connectivity index (χ0) is 12.9. The maximum atomic E-state index is 6.16. The molecule has 4 saturated carbocycles. The number of ether oxygens (including phenoxy) is 1. The summed E-state index contributed by atoms with van der Waals surface area (Å²) in [5.41, 5.74) is 0.991. The molecule has 1 saturated heterocycles. The van der Waals surface area contributed by atoms with Crippen molar-refractivity contribution in [3.63, 3.8) is 0 Å². The number of rotatable bonds is 6. The lowest BCUT2D eigenvalue weighted by molar-refractivity contribution is -0.0998. The van der Waals surface area contributed by atoms with E-state index in [0.717, 1.165) is 24.4 Å². The average molecular weight is 262 g/mol. The first-order valence-corrected chi connectivity index (χ1v) is 8.89. The molecular formula is C18H30O. The third kappa shape index (κ3) is 1.99. The van der Waals surface area contributed by atoms with Crippen molar-refractivity contribution in [3.8, 4) is 0 Å². The van der Waals surface area contributed by atoms with Crippen LogP contribution in [0.2, 0.25) is 0 Å². The second kappa shape index (κ2) is 4.48. The van der Waals surface area contributed by atoms with Gasteiger partial charge in [-0.25, -0.2) is 0 Å². The standard InChI is InChI=1S/C18H30O/c1-2-3-4-5-6-18(13-19-18)17-10-14-7-15(11-17)9-16(8-14)12-17/h14-16H,2-13H2,1H3. The molecule has 1 atom stereocenters. The fraction of sp³-hybridized carbons (Fsp3) is 1.00. The van der Waals surface area contributed by atoms with Crippen molar-refractivity contribution in [2.75, 3.05) is 6.61 Å². The van der Waals surface area contributed by atoms with E-state index in [-0.39, 0.29) is 0 Å². The molecule has 108 valence electrons. The van der Waals surface area contributed by atoms with Crippen LogP contribution in [0.4, 0.5) is 0 Å². The van der Waals surface area contributed by atoms with Crippen molar-refractivity contribution in [1.82, 2.24) is 0 Å². The quantitative estimate of drug-likeness (QED) is 0.488. The first kappa shape index (κ1) is 12.7. The van der Waals surface area contributed by atoms with Crippen LogP contribution in [-0.2, 0) is 4.74 Å². The monoisotopic (exact) mass is 262 g/mol. The van der Waals surface area contributed by atoms with Gasteiger partial charge in [-0.15, -0.1) is 0 Å². The van der Waals surface area contributed by atoms with E-state index in [1.807, 2.05) is 0 Å². The molecule has 5 rings (SSSR count). The number of epoxide rings is 1. The second-order valence-corrected chi connectivity index (χ2v) is 8.29. The largest absolute Gasteiger partial charge is 0.369 e. The molecule has 0 radical (unpaired) electrons. The topological polar surface area (TPSA) is 12.5 Å². The summed E-state index contributed by atoms with van der Waals surface area (Å²) in [4.78, 5) is 0. The van der Waals surface area contributed by atoms with Crippen molar-refractivity contribution >= 4 is 0 Å². The summed E-state index contributed by atoms with van der Waals surface area (Å²) in [7, 11) is 0. The lowest BCUT2D eigenvalue weighted by atomic mass is 9.46. The molecule has 0 aromatic carbocycles. The fourth-order valence-electron chi connectivity index (χ4n) is 6.31. The van der Waals surface area contributed by atoms with Crippen molar-refractivity contribution in [3.05, 3.63) is 0 Å². The predicted molar refractivity (Wildman–Crippen MR) is 78.0 cm³/mol. The lowest BCUT2D eigenvalue weighted by Crippen LogP contribution is -2.53. The fourth-order valence-corrected chi connectivity index (χ4v) is 6.31. The van der Waals surface area contributed by atoms with Gasteiger partial charge in [0.15, 0.2) is 0 Å². The number of hydrogen-bond acceptors (Lipinski definition) is 1. The van der Waals surface area contributed by atoms with Gasteiger partial charge in [0, 0.05) is 5.41 Å². The molecule has 1 unspecified atom stereocenters. The van der Waals surface area contributed by atoms with E-state index in [1.54, 1.807) is 19.3 Å². The molecule has 1 heteroatoms. The molecule has 0 spiro atoms. The van der Waals surface area contributed by atoms with Crippen molar-refractivity contribution in [2.24, 2.45) is 23.2 Å². The van der Waals surface area contributed by atoms with Crippen LogP contribution >= 0.6 is 0 Å². The zero-order valence-corrected chi connectivity index (χ0v) is 12.6. The van der Waals surface area contributed by atoms with E-state index in [9.17, 15) is 0 Å². The summed E-state index contributed by atoms with van der Waals surface area (Å²) in [6.45, 7) is 3.41. The van der Waals surface area contributed by atoms with Crippen LogP contribution in [0.5, 0.6) is 0 Å². The smallest absolute Gasteiger partial charge is 0.0972 e. The maximum Gasteiger partial charge on any atom is 0.0972 e. The minimum Gasteiger partial charge on any atom is -0.369 e. The van der Waals surface area contributed by atoms with E-state index in [4.69, 9.17) is 4.74 Å². The molecule has 4 bridgehead atoms. The van der Waals surface area contributed by atoms with Gasteiger partial charge in [-0.2, -0.15) is 0 Å². The first-order chi connectivity index (χ1) is 9.25. The molecule has 19 heavy (non-hydrogen) atoms. The summed E-state index contributed by atoms with van der Waals surface area (Å²) >= 11 is 0. The molecule has 0 N–H and O–H groups in total. The molecule has 0 aromatic rings. The molecular weight excluding hydrogens is 232 g/mol. The van der Waals surface area contributed by atoms with Crippen molar-refractivity contribution in [2.45, 2.75) is 83.2 Å². The summed E-state index contributed by atoms with van der Waals surface area (Å²) in [6, 6.07) is 0. The zero-order valence-electron chi connectivity index (χ0n) is 12.6. The Kier molecular flexibility index (Phi) is 2.99. The Labute approximate surface area is 118 Å². The molecule has 0 amide bonds. The Bertz CT molecular complexity index is 306. The van der Waals surface area contributed by atoms with Crippen LogP contribution in [0.3, 0.4) is 0 Å². The van der Waals surface area contributed by atoms with Crippen LogP contribution < -0.4 is 0 Å². The Hall–Kier alpha value is -0.0400. The van der Waals surface area contributed by atoms with Gasteiger partial charge in [-0.3, -0.25) is 0 Å². The van der Waals surface area contributed by atoms with Gasteiger partial charge in [0.2, 0.25) is 0 Å². The Balaban J connectivity index is 1.46. The summed E-state index contributed by atoms with van der Waals surface area (Å²) in [6.07, 6.45) is 16.2. The van der Waals surface area contributed by atoms with Gasteiger partial charge in [0.25, 0.3) is 0 Å². The highest BCUT2D eigenvalue weighted by Gasteiger charge is 2.66. The highest BCUT2D eigenvalue weighted by atomic mass is 16.6. The molecule has 1 aliphatic heterocycles. The van der Waals surface area contributed by atoms with Gasteiger partial charge in [-0.1, -0.05) is 32.6 Å². The normalized spacial score (nSPS) is 50.7. The third-order valence-electron chi connectivity index (χ3n) is 6.93. The Morgan fingerprint density at radius 1 is 0.895 bits per heavy atom. The highest BCUT2D eigenvalue weighted by molar-refractivity contribution is 5.15. The molecule has 1 heterocycles. The van der Waals surface area contributed by atoms with Crippen LogP contribution in [0.25, 0.3) is 0 Å². The van der Waals surface area contributed by atoms with Crippen LogP contribution in [0.1, 0.15) is 77.6 Å². The SMILES string of the molecule is CCCCCCC1(C23CC4CC(CC(C4)C2)C3)CO1. The first-order valence-electron chi connectivity index (χ1n) is 8.89. The highest BCUT2D eigenvalue weighted by Crippen LogP contribution is 2.68. The second-order valence-electron chi connectivity index (χ2n) is 8.29. The van der Waals surface area contributed by atoms with E-state index < -0.39 is 0 Å². The average Bonchev–Trinajstić information content (AvgIpc) is 3.15. The maximum absolute atomic E-state index is 6.16. The number of unbranched alkanes of at least 4 members (excludes halogenated alkanes) is 3. The van der Waals surface area contributed by atoms with E-state index >= 15 is 0 Å². The van der Waals surface area contributed by atoms with Crippen molar-refractivity contribution in [1.29, 1.82) is 0 Å². The summed E-state index contributed by atoms with van der Waals surface area (Å²) < 4.78 is 6.16. The molecule has 4 aliphatic carbocycles. The van der Waals surface area contributed by atoms with Crippen LogP contribution in [0, 0.1) is 23.2 Å². The van der Waals surface area contributed by atoms with E-state index in [1.165, 1.54) is 51.4 Å². The number of hydrogen-bond donors (Lipinski definition) is 0. The Morgan fingerprint density at radius 2 is 1.47 bits per heavy atom. The van der Waals surface area contributed by atoms with Crippen LogP contribution in [-0.4, -0.2) is 12.2 Å². The van der Waals surface area contributed by atoms with Gasteiger partial charge in [0.1, 0.15) is 0 Å². The lowest BCUT2D eigenvalue weighted by Gasteiger charge is -2.59. The van der Waals surface area contributed by atoms with E-state index in [2.05, 4.69) is 6.92 Å². The summed E-state index contributed by atoms with van der Waals surface area (Å²) in [5.74, 6) is 3.22. The predicted octanol–water partition coefficient (Wildman–Crippen LogP) is 4.94. The third-order valence-corrected chi connectivity index (χ3v) is 6.93. The molecule has 0 aromatic heterocycles. The van der Waals surface area contributed by atoms with Gasteiger partial charge in [-0.05, 0) is 62.7 Å². The van der Waals surface area contributed by atoms with Crippen LogP contribution in [0.15, 0.2) is 0 Å². The molecule has 5 aliphatic rings. The van der Waals surface area contributed by atoms with Crippen molar-refractivity contribution < 1.29 is 4.74 Å². The minimum absolute atomic E-state index is 0.358. The Morgan fingerprint density at radius 3 is 1.95 bits per heavy atom. The summed E-state index contributed by atoms with van der Waals surface area (Å²) in [5, 5.41) is 0. The van der Waals surface area contributed by atoms with Gasteiger partial charge < -0.3 is 4.74 Å². The molecule has 5 fully saturated rings. The minimum atomic E-state index is 0.358. The van der Waals surface area contributed by atoms with Gasteiger partial charge >= 0.3 is 0 Å². The van der Waals surface area contributed by atoms with Gasteiger partial charge in [0.05, 0.1) is 12.2 Å². The molecule has 1 nitrogen and oxygen atoms in total.